The van der Waals surface area contributed by atoms with Gasteiger partial charge in [-0.3, -0.25) is 14.6 Å². The lowest BCUT2D eigenvalue weighted by molar-refractivity contribution is 0.0941. The van der Waals surface area contributed by atoms with E-state index in [9.17, 15) is 9.59 Å². The zero-order chi connectivity index (χ0) is 21.5. The minimum absolute atomic E-state index is 0.121. The lowest BCUT2D eigenvalue weighted by atomic mass is 10.0. The van der Waals surface area contributed by atoms with E-state index in [1.165, 1.54) is 12.5 Å². The summed E-state index contributed by atoms with van der Waals surface area (Å²) in [7, 11) is 0. The Labute approximate surface area is 178 Å². The number of rotatable bonds is 8. The molecule has 0 aliphatic rings. The number of pyridine rings is 1. The normalized spacial score (nSPS) is 10.5. The van der Waals surface area contributed by atoms with Crippen LogP contribution in [0.1, 0.15) is 26.4 Å². The maximum Gasteiger partial charge on any atom is 0.273 e. The monoisotopic (exact) mass is 413 g/mol. The number of ether oxygens (including phenoxy) is 1. The zero-order valence-electron chi connectivity index (χ0n) is 16.5. The molecule has 7 nitrogen and oxygen atoms in total. The molecular formula is C24H19N3O4. The maximum absolute atomic E-state index is 12.5. The van der Waals surface area contributed by atoms with Gasteiger partial charge in [0, 0.05) is 29.1 Å². The summed E-state index contributed by atoms with van der Waals surface area (Å²) in [5.74, 6) is 0.567. The Balaban J connectivity index is 1.33. The average Bonchev–Trinajstić information content (AvgIpc) is 3.33. The average molecular weight is 413 g/mol. The summed E-state index contributed by atoms with van der Waals surface area (Å²) in [5.41, 5.74) is 1.88. The number of hydrogen-bond acceptors (Lipinski definition) is 6. The minimum Gasteiger partial charge on any atom is -0.492 e. The number of para-hydroxylation sites is 1. The third kappa shape index (κ3) is 5.02. The van der Waals surface area contributed by atoms with Crippen LogP contribution in [0.2, 0.25) is 0 Å². The molecule has 0 saturated carbocycles. The van der Waals surface area contributed by atoms with E-state index in [4.69, 9.17) is 9.15 Å². The molecule has 0 aliphatic heterocycles. The standard InChI is InChI=1S/C24H19N3O4/c28-22(19-5-4-12-25-15-19)17-8-10-18(11-9-17)24-27-21(16-31-24)23(29)26-13-14-30-20-6-2-1-3-7-20/h1-12,15-16H,13-14H2,(H,26,29). The molecule has 0 fully saturated rings. The van der Waals surface area contributed by atoms with Gasteiger partial charge in [-0.25, -0.2) is 4.98 Å². The van der Waals surface area contributed by atoms with E-state index in [2.05, 4.69) is 15.3 Å². The van der Waals surface area contributed by atoms with Crippen molar-refractivity contribution in [2.24, 2.45) is 0 Å². The fourth-order valence-electron chi connectivity index (χ4n) is 2.88. The summed E-state index contributed by atoms with van der Waals surface area (Å²) >= 11 is 0. The van der Waals surface area contributed by atoms with Crippen LogP contribution in [0.3, 0.4) is 0 Å². The molecule has 0 bridgehead atoms. The number of ketones is 1. The predicted octanol–water partition coefficient (Wildman–Crippen LogP) is 3.78. The molecule has 1 N–H and O–H groups in total. The molecule has 4 rings (SSSR count). The molecule has 0 unspecified atom stereocenters. The minimum atomic E-state index is -0.352. The third-order valence-corrected chi connectivity index (χ3v) is 4.45. The van der Waals surface area contributed by atoms with Gasteiger partial charge in [0.1, 0.15) is 18.6 Å². The Morgan fingerprint density at radius 3 is 2.48 bits per heavy atom. The van der Waals surface area contributed by atoms with Crippen molar-refractivity contribution in [3.8, 4) is 17.2 Å². The largest absolute Gasteiger partial charge is 0.492 e. The van der Waals surface area contributed by atoms with Gasteiger partial charge in [0.05, 0.1) is 6.54 Å². The summed E-state index contributed by atoms with van der Waals surface area (Å²) in [4.78, 5) is 32.9. The van der Waals surface area contributed by atoms with E-state index in [0.29, 0.717) is 35.7 Å². The first-order chi connectivity index (χ1) is 15.2. The molecule has 0 aliphatic carbocycles. The first-order valence-corrected chi connectivity index (χ1v) is 9.67. The van der Waals surface area contributed by atoms with Crippen LogP contribution in [0.15, 0.2) is 89.8 Å². The molecule has 0 atom stereocenters. The number of benzene rings is 2. The molecule has 0 radical (unpaired) electrons. The van der Waals surface area contributed by atoms with E-state index < -0.39 is 0 Å². The van der Waals surface area contributed by atoms with Crippen LogP contribution in [0.4, 0.5) is 0 Å². The number of aromatic nitrogens is 2. The molecule has 2 aromatic carbocycles. The second-order valence-electron chi connectivity index (χ2n) is 6.60. The molecular weight excluding hydrogens is 394 g/mol. The number of nitrogens with one attached hydrogen (secondary N) is 1. The van der Waals surface area contributed by atoms with Gasteiger partial charge in [-0.15, -0.1) is 0 Å². The molecule has 4 aromatic rings. The highest BCUT2D eigenvalue weighted by molar-refractivity contribution is 6.08. The van der Waals surface area contributed by atoms with Gasteiger partial charge >= 0.3 is 0 Å². The van der Waals surface area contributed by atoms with Crippen molar-refractivity contribution in [1.29, 1.82) is 0 Å². The van der Waals surface area contributed by atoms with Gasteiger partial charge < -0.3 is 14.5 Å². The van der Waals surface area contributed by atoms with Crippen LogP contribution >= 0.6 is 0 Å². The van der Waals surface area contributed by atoms with Crippen molar-refractivity contribution in [3.05, 3.63) is 102 Å². The first-order valence-electron chi connectivity index (χ1n) is 9.67. The van der Waals surface area contributed by atoms with E-state index in [1.54, 1.807) is 42.6 Å². The van der Waals surface area contributed by atoms with Crippen molar-refractivity contribution in [3.63, 3.8) is 0 Å². The molecule has 2 heterocycles. The van der Waals surface area contributed by atoms with E-state index >= 15 is 0 Å². The Morgan fingerprint density at radius 1 is 0.935 bits per heavy atom. The topological polar surface area (TPSA) is 94.3 Å². The number of nitrogens with zero attached hydrogens (tertiary/aromatic N) is 2. The highest BCUT2D eigenvalue weighted by Gasteiger charge is 2.14. The number of carbonyl (C=O) groups excluding carboxylic acids is 2. The van der Waals surface area contributed by atoms with E-state index in [1.807, 2.05) is 30.3 Å². The molecule has 0 saturated heterocycles. The Hall–Kier alpha value is -4.26. The fraction of sp³-hybridized carbons (Fsp3) is 0.0833. The van der Waals surface area contributed by atoms with Gasteiger partial charge in [-0.1, -0.05) is 30.3 Å². The van der Waals surface area contributed by atoms with Crippen molar-refractivity contribution in [1.82, 2.24) is 15.3 Å². The van der Waals surface area contributed by atoms with Gasteiger partial charge in [0.25, 0.3) is 5.91 Å². The summed E-state index contributed by atoms with van der Waals surface area (Å²) < 4.78 is 11.0. The third-order valence-electron chi connectivity index (χ3n) is 4.45. The number of carbonyl (C=O) groups is 2. The summed E-state index contributed by atoms with van der Waals surface area (Å²) in [6, 6.07) is 19.6. The fourth-order valence-corrected chi connectivity index (χ4v) is 2.88. The SMILES string of the molecule is O=C(c1ccc(-c2nc(C(=O)NCCOc3ccccc3)co2)cc1)c1cccnc1. The summed E-state index contributed by atoms with van der Waals surface area (Å²) in [6.45, 7) is 0.675. The number of hydrogen-bond donors (Lipinski definition) is 1. The Morgan fingerprint density at radius 2 is 1.74 bits per heavy atom. The van der Waals surface area contributed by atoms with Crippen LogP contribution in [0.25, 0.3) is 11.5 Å². The van der Waals surface area contributed by atoms with E-state index in [-0.39, 0.29) is 17.4 Å². The van der Waals surface area contributed by atoms with Crippen molar-refractivity contribution < 1.29 is 18.7 Å². The van der Waals surface area contributed by atoms with Crippen LogP contribution in [0, 0.1) is 0 Å². The van der Waals surface area contributed by atoms with Crippen LogP contribution in [-0.4, -0.2) is 34.8 Å². The van der Waals surface area contributed by atoms with Crippen molar-refractivity contribution in [2.45, 2.75) is 0 Å². The Kier molecular flexibility index (Phi) is 6.13. The van der Waals surface area contributed by atoms with Gasteiger partial charge in [-0.05, 0) is 36.4 Å². The van der Waals surface area contributed by atoms with E-state index in [0.717, 1.165) is 5.75 Å². The first kappa shape index (κ1) is 20.0. The molecule has 154 valence electrons. The Bertz CT molecular complexity index is 1160. The lowest BCUT2D eigenvalue weighted by Crippen LogP contribution is -2.28. The zero-order valence-corrected chi connectivity index (χ0v) is 16.5. The lowest BCUT2D eigenvalue weighted by Gasteiger charge is -2.06. The molecule has 31 heavy (non-hydrogen) atoms. The molecule has 0 spiro atoms. The highest BCUT2D eigenvalue weighted by atomic mass is 16.5. The summed E-state index contributed by atoms with van der Waals surface area (Å²) in [6.07, 6.45) is 4.45. The quantitative estimate of drug-likeness (QED) is 0.349. The second-order valence-corrected chi connectivity index (χ2v) is 6.60. The molecule has 2 aromatic heterocycles. The van der Waals surface area contributed by atoms with Crippen LogP contribution in [0.5, 0.6) is 5.75 Å². The second kappa shape index (κ2) is 9.49. The predicted molar refractivity (Wildman–Crippen MR) is 114 cm³/mol. The van der Waals surface area contributed by atoms with Gasteiger partial charge in [-0.2, -0.15) is 0 Å². The number of amides is 1. The highest BCUT2D eigenvalue weighted by Crippen LogP contribution is 2.20. The number of oxazole rings is 1. The maximum atomic E-state index is 12.5. The van der Waals surface area contributed by atoms with Gasteiger partial charge in [0.2, 0.25) is 5.89 Å². The molecule has 1 amide bonds. The van der Waals surface area contributed by atoms with Crippen LogP contribution < -0.4 is 10.1 Å². The summed E-state index contributed by atoms with van der Waals surface area (Å²) in [5, 5.41) is 2.74. The van der Waals surface area contributed by atoms with Crippen molar-refractivity contribution in [2.75, 3.05) is 13.2 Å². The molecule has 7 heteroatoms. The van der Waals surface area contributed by atoms with Crippen molar-refractivity contribution >= 4 is 11.7 Å². The smallest absolute Gasteiger partial charge is 0.273 e. The van der Waals surface area contributed by atoms with Gasteiger partial charge in [0.15, 0.2) is 11.5 Å². The van der Waals surface area contributed by atoms with Crippen LogP contribution in [-0.2, 0) is 0 Å².